The van der Waals surface area contributed by atoms with Crippen molar-refractivity contribution < 1.29 is 4.79 Å². The smallest absolute Gasteiger partial charge is 0.168 e. The first-order valence-electron chi connectivity index (χ1n) is 11.0. The Morgan fingerprint density at radius 2 is 1.27 bits per heavy atom. The summed E-state index contributed by atoms with van der Waals surface area (Å²) in [7, 11) is 0. The first kappa shape index (κ1) is 29.3. The lowest BCUT2D eigenvalue weighted by Gasteiger charge is -1.91. The second-order valence-electron chi connectivity index (χ2n) is 4.98. The number of nitrogens with zero attached hydrogens (tertiary/aromatic N) is 4. The minimum atomic E-state index is 0.630. The molecule has 0 fully saturated rings. The van der Waals surface area contributed by atoms with Gasteiger partial charge in [0, 0.05) is 18.6 Å². The van der Waals surface area contributed by atoms with E-state index in [1.54, 1.807) is 4.40 Å². The predicted molar refractivity (Wildman–Crippen MR) is 131 cm³/mol. The molecule has 4 aromatic rings. The maximum atomic E-state index is 10.6. The molecule has 5 nitrogen and oxygen atoms in total. The molecular weight excluding hydrogens is 372 g/mol. The van der Waals surface area contributed by atoms with Crippen LogP contribution in [0.2, 0.25) is 0 Å². The molecule has 4 heterocycles. The highest BCUT2D eigenvalue weighted by Gasteiger charge is 2.04. The number of hydrogen-bond acceptors (Lipinski definition) is 3. The van der Waals surface area contributed by atoms with E-state index in [9.17, 15) is 4.79 Å². The molecule has 0 bridgehead atoms. The fourth-order valence-electron chi connectivity index (χ4n) is 2.34. The van der Waals surface area contributed by atoms with Crippen molar-refractivity contribution in [2.75, 3.05) is 0 Å². The minimum Gasteiger partial charge on any atom is -0.307 e. The monoisotopic (exact) mass is 412 g/mol. The van der Waals surface area contributed by atoms with Gasteiger partial charge in [0.25, 0.3) is 0 Å². The molecule has 0 saturated carbocycles. The van der Waals surface area contributed by atoms with Crippen LogP contribution in [-0.4, -0.2) is 25.1 Å². The van der Waals surface area contributed by atoms with E-state index in [4.69, 9.17) is 0 Å². The molecule has 0 radical (unpaired) electrons. The Morgan fingerprint density at radius 1 is 0.733 bits per heavy atom. The summed E-state index contributed by atoms with van der Waals surface area (Å²) in [5.41, 5.74) is 4.30. The third-order valence-corrected chi connectivity index (χ3v) is 3.35. The number of hydrogen-bond donors (Lipinski definition) is 0. The highest BCUT2D eigenvalue weighted by molar-refractivity contribution is 5.76. The zero-order chi connectivity index (χ0) is 23.5. The standard InChI is InChI=1S/C9H8N2O.C8H8N2.4C2H6/c1-7-8(6-12)11-5-3-2-4-9(11)10-7;1-7-6-10-5-3-2-4-8(10)9-7;4*1-2/h2-6H,1H3;2-6H,1H3;4*1-2H3. The molecule has 0 N–H and O–H groups in total. The Kier molecular flexibility index (Phi) is 17.7. The molecule has 5 heteroatoms. The topological polar surface area (TPSA) is 51.7 Å². The molecule has 0 saturated heterocycles. The fraction of sp³-hybridized carbons (Fsp3) is 0.400. The van der Waals surface area contributed by atoms with Crippen LogP contribution in [0.3, 0.4) is 0 Å². The maximum absolute atomic E-state index is 10.6. The molecule has 4 rings (SSSR count). The molecule has 0 unspecified atom stereocenters. The molecule has 0 atom stereocenters. The van der Waals surface area contributed by atoms with Crippen molar-refractivity contribution in [3.63, 3.8) is 0 Å². The van der Waals surface area contributed by atoms with Gasteiger partial charge in [-0.25, -0.2) is 9.97 Å². The Morgan fingerprint density at radius 3 is 1.80 bits per heavy atom. The van der Waals surface area contributed by atoms with E-state index < -0.39 is 0 Å². The number of aldehydes is 1. The number of rotatable bonds is 1. The second kappa shape index (κ2) is 18.1. The Labute approximate surface area is 182 Å². The third kappa shape index (κ3) is 8.60. The predicted octanol–water partition coefficient (Wildman–Crippen LogP) is 7.20. The summed E-state index contributed by atoms with van der Waals surface area (Å²) in [5.74, 6) is 0. The first-order valence-corrected chi connectivity index (χ1v) is 11.0. The molecule has 0 spiro atoms. The summed E-state index contributed by atoms with van der Waals surface area (Å²) in [5, 5.41) is 0. The number of fused-ring (bicyclic) bond motifs is 2. The second-order valence-corrected chi connectivity index (χ2v) is 4.98. The van der Waals surface area contributed by atoms with Crippen molar-refractivity contribution in [3.05, 3.63) is 72.1 Å². The van der Waals surface area contributed by atoms with Crippen molar-refractivity contribution >= 4 is 17.6 Å². The number of aryl methyl sites for hydroxylation is 2. The molecule has 0 aliphatic heterocycles. The van der Waals surface area contributed by atoms with E-state index in [-0.39, 0.29) is 0 Å². The third-order valence-electron chi connectivity index (χ3n) is 3.35. The van der Waals surface area contributed by atoms with E-state index in [0.717, 1.165) is 29.0 Å². The quantitative estimate of drug-likeness (QED) is 0.310. The van der Waals surface area contributed by atoms with Gasteiger partial charge in [-0.1, -0.05) is 67.5 Å². The number of carbonyl (C=O) groups excluding carboxylic acids is 1. The first-order chi connectivity index (χ1) is 14.7. The molecule has 4 aromatic heterocycles. The molecule has 0 aliphatic rings. The van der Waals surface area contributed by atoms with Crippen LogP contribution in [0.25, 0.3) is 11.3 Å². The van der Waals surface area contributed by atoms with E-state index in [1.165, 1.54) is 0 Å². The van der Waals surface area contributed by atoms with Crippen molar-refractivity contribution in [1.82, 2.24) is 18.8 Å². The molecule has 0 aliphatic carbocycles. The summed E-state index contributed by atoms with van der Waals surface area (Å²) < 4.78 is 3.79. The van der Waals surface area contributed by atoms with Crippen molar-refractivity contribution in [2.24, 2.45) is 0 Å². The van der Waals surface area contributed by atoms with E-state index >= 15 is 0 Å². The summed E-state index contributed by atoms with van der Waals surface area (Å²) in [6.07, 6.45) is 6.67. The number of pyridine rings is 2. The molecule has 30 heavy (non-hydrogen) atoms. The van der Waals surface area contributed by atoms with Crippen LogP contribution < -0.4 is 0 Å². The molecular formula is C25H40N4O. The summed E-state index contributed by atoms with van der Waals surface area (Å²) in [6, 6.07) is 11.6. The van der Waals surface area contributed by atoms with Crippen LogP contribution in [0, 0.1) is 13.8 Å². The SMILES string of the molecule is CC.CC.CC.CC.Cc1cn2ccccc2n1.Cc1nc2ccccn2c1C=O. The lowest BCUT2D eigenvalue weighted by atomic mass is 10.4. The zero-order valence-electron chi connectivity index (χ0n) is 20.5. The molecule has 166 valence electrons. The number of imidazole rings is 2. The van der Waals surface area contributed by atoms with Crippen molar-refractivity contribution in [2.45, 2.75) is 69.2 Å². The largest absolute Gasteiger partial charge is 0.307 e. The zero-order valence-corrected chi connectivity index (χ0v) is 20.5. The summed E-state index contributed by atoms with van der Waals surface area (Å²) in [6.45, 7) is 19.8. The van der Waals surface area contributed by atoms with Crippen LogP contribution in [-0.2, 0) is 0 Å². The average Bonchev–Trinajstić information content (AvgIpc) is 3.37. The van der Waals surface area contributed by atoms with Gasteiger partial charge >= 0.3 is 0 Å². The van der Waals surface area contributed by atoms with Crippen LogP contribution >= 0.6 is 0 Å². The number of aromatic nitrogens is 4. The Bertz CT molecular complexity index is 906. The number of carbonyl (C=O) groups is 1. The van der Waals surface area contributed by atoms with Gasteiger partial charge in [0.05, 0.1) is 11.4 Å². The minimum absolute atomic E-state index is 0.630. The van der Waals surface area contributed by atoms with Crippen LogP contribution in [0.15, 0.2) is 55.0 Å². The Balaban J connectivity index is 0. The highest BCUT2D eigenvalue weighted by atomic mass is 16.1. The van der Waals surface area contributed by atoms with Gasteiger partial charge in [-0.15, -0.1) is 0 Å². The van der Waals surface area contributed by atoms with Gasteiger partial charge in [-0.05, 0) is 38.1 Å². The maximum Gasteiger partial charge on any atom is 0.168 e. The van der Waals surface area contributed by atoms with Gasteiger partial charge in [0.2, 0.25) is 0 Å². The van der Waals surface area contributed by atoms with Gasteiger partial charge in [-0.2, -0.15) is 0 Å². The van der Waals surface area contributed by atoms with Crippen LogP contribution in [0.5, 0.6) is 0 Å². The average molecular weight is 413 g/mol. The summed E-state index contributed by atoms with van der Waals surface area (Å²) in [4.78, 5) is 19.1. The molecule has 0 amide bonds. The van der Waals surface area contributed by atoms with Crippen LogP contribution in [0.1, 0.15) is 77.3 Å². The summed E-state index contributed by atoms with van der Waals surface area (Å²) >= 11 is 0. The van der Waals surface area contributed by atoms with Crippen LogP contribution in [0.4, 0.5) is 0 Å². The van der Waals surface area contributed by atoms with E-state index in [0.29, 0.717) is 5.69 Å². The lowest BCUT2D eigenvalue weighted by Crippen LogP contribution is -1.90. The van der Waals surface area contributed by atoms with E-state index in [2.05, 4.69) is 9.97 Å². The fourth-order valence-corrected chi connectivity index (χ4v) is 2.34. The van der Waals surface area contributed by atoms with Crippen molar-refractivity contribution in [3.8, 4) is 0 Å². The van der Waals surface area contributed by atoms with Gasteiger partial charge in [-0.3, -0.25) is 9.20 Å². The normalized spacial score (nSPS) is 8.47. The highest BCUT2D eigenvalue weighted by Crippen LogP contribution is 2.08. The van der Waals surface area contributed by atoms with Crippen molar-refractivity contribution in [1.29, 1.82) is 0 Å². The lowest BCUT2D eigenvalue weighted by molar-refractivity contribution is 0.111. The van der Waals surface area contributed by atoms with Gasteiger partial charge in [0.1, 0.15) is 17.0 Å². The van der Waals surface area contributed by atoms with Gasteiger partial charge in [0.15, 0.2) is 6.29 Å². The molecule has 0 aromatic carbocycles. The van der Waals surface area contributed by atoms with Gasteiger partial charge < -0.3 is 4.40 Å². The van der Waals surface area contributed by atoms with E-state index in [1.807, 2.05) is 129 Å². The Hall–Kier alpha value is -2.95.